The first-order chi connectivity index (χ1) is 13.0. The molecule has 0 saturated heterocycles. The number of hydrogen-bond acceptors (Lipinski definition) is 4. The van der Waals surface area contributed by atoms with Crippen LogP contribution in [0.25, 0.3) is 10.2 Å². The van der Waals surface area contributed by atoms with E-state index in [0.717, 1.165) is 39.2 Å². The van der Waals surface area contributed by atoms with Gasteiger partial charge in [0.1, 0.15) is 0 Å². The molecule has 3 rings (SSSR count). The van der Waals surface area contributed by atoms with Crippen molar-refractivity contribution in [2.45, 2.75) is 19.8 Å². The smallest absolute Gasteiger partial charge is 0.261 e. The molecule has 2 aromatic carbocycles. The van der Waals surface area contributed by atoms with Crippen molar-refractivity contribution in [1.82, 2.24) is 9.88 Å². The lowest BCUT2D eigenvalue weighted by Gasteiger charge is -2.21. The fraction of sp³-hybridized carbons (Fsp3) is 0.333. The normalized spacial score (nSPS) is 11.3. The zero-order chi connectivity index (χ0) is 19.4. The molecule has 1 amide bonds. The second-order valence-electron chi connectivity index (χ2n) is 6.75. The molecule has 1 aromatic heterocycles. The number of anilines is 1. The van der Waals surface area contributed by atoms with Crippen molar-refractivity contribution in [3.63, 3.8) is 0 Å². The average Bonchev–Trinajstić information content (AvgIpc) is 3.07. The number of carbonyl (C=O) groups excluding carboxylic acids is 1. The van der Waals surface area contributed by atoms with Gasteiger partial charge in [0, 0.05) is 11.0 Å². The van der Waals surface area contributed by atoms with Crippen LogP contribution in [0.1, 0.15) is 29.3 Å². The van der Waals surface area contributed by atoms with Crippen LogP contribution in [0.4, 0.5) is 5.13 Å². The summed E-state index contributed by atoms with van der Waals surface area (Å²) in [7, 11) is 4.09. The van der Waals surface area contributed by atoms with E-state index in [1.807, 2.05) is 43.3 Å². The summed E-state index contributed by atoms with van der Waals surface area (Å²) < 4.78 is 1.93. The Kier molecular flexibility index (Phi) is 6.63. The first kappa shape index (κ1) is 20.0. The highest BCUT2D eigenvalue weighted by molar-refractivity contribution is 9.10. The van der Waals surface area contributed by atoms with Crippen molar-refractivity contribution in [2.24, 2.45) is 0 Å². The van der Waals surface area contributed by atoms with Crippen molar-refractivity contribution in [1.29, 1.82) is 0 Å². The van der Waals surface area contributed by atoms with Crippen LogP contribution in [-0.2, 0) is 6.42 Å². The van der Waals surface area contributed by atoms with Gasteiger partial charge in [-0.05, 0) is 79.2 Å². The Labute approximate surface area is 172 Å². The van der Waals surface area contributed by atoms with E-state index in [4.69, 9.17) is 4.98 Å². The number of aromatic nitrogens is 1. The zero-order valence-electron chi connectivity index (χ0n) is 15.9. The third-order valence-corrected chi connectivity index (χ3v) is 6.15. The maximum atomic E-state index is 13.3. The molecule has 0 aliphatic carbocycles. The number of rotatable bonds is 7. The highest BCUT2D eigenvalue weighted by atomic mass is 79.9. The molecule has 3 aromatic rings. The lowest BCUT2D eigenvalue weighted by atomic mass is 10.2. The summed E-state index contributed by atoms with van der Waals surface area (Å²) in [6.45, 7) is 3.70. The fourth-order valence-corrected chi connectivity index (χ4v) is 4.41. The van der Waals surface area contributed by atoms with Gasteiger partial charge in [-0.1, -0.05) is 36.5 Å². The molecular weight excluding hydrogens is 422 g/mol. The molecule has 1 heterocycles. The Hall–Kier alpha value is -1.76. The van der Waals surface area contributed by atoms with Gasteiger partial charge in [0.15, 0.2) is 5.13 Å². The van der Waals surface area contributed by atoms with Gasteiger partial charge < -0.3 is 4.90 Å². The highest BCUT2D eigenvalue weighted by Crippen LogP contribution is 2.31. The number of benzene rings is 2. The quantitative estimate of drug-likeness (QED) is 0.499. The second kappa shape index (κ2) is 8.95. The minimum atomic E-state index is -0.0176. The van der Waals surface area contributed by atoms with Crippen LogP contribution in [0.3, 0.4) is 0 Å². The Morgan fingerprint density at radius 2 is 1.93 bits per heavy atom. The molecule has 4 nitrogen and oxygen atoms in total. The minimum Gasteiger partial charge on any atom is -0.309 e. The maximum Gasteiger partial charge on any atom is 0.261 e. The number of fused-ring (bicyclic) bond motifs is 1. The molecule has 0 bridgehead atoms. The predicted octanol–water partition coefficient (Wildman–Crippen LogP) is 5.22. The summed E-state index contributed by atoms with van der Waals surface area (Å²) in [5, 5.41) is 0.762. The van der Waals surface area contributed by atoms with Crippen molar-refractivity contribution >= 4 is 48.5 Å². The first-order valence-electron chi connectivity index (χ1n) is 9.10. The van der Waals surface area contributed by atoms with Crippen LogP contribution >= 0.6 is 27.3 Å². The summed E-state index contributed by atoms with van der Waals surface area (Å²) in [4.78, 5) is 22.0. The molecular formula is C21H24BrN3OS. The second-order valence-corrected chi connectivity index (χ2v) is 8.61. The van der Waals surface area contributed by atoms with Crippen LogP contribution < -0.4 is 4.90 Å². The van der Waals surface area contributed by atoms with E-state index in [-0.39, 0.29) is 5.91 Å². The van der Waals surface area contributed by atoms with Gasteiger partial charge >= 0.3 is 0 Å². The number of aryl methyl sites for hydroxylation is 1. The van der Waals surface area contributed by atoms with E-state index in [1.54, 1.807) is 11.3 Å². The van der Waals surface area contributed by atoms with E-state index in [9.17, 15) is 4.79 Å². The topological polar surface area (TPSA) is 36.4 Å². The number of amides is 1. The Bertz CT molecular complexity index is 938. The summed E-state index contributed by atoms with van der Waals surface area (Å²) in [6, 6.07) is 13.9. The number of nitrogens with zero attached hydrogens (tertiary/aromatic N) is 3. The number of hydrogen-bond donors (Lipinski definition) is 0. The molecule has 0 aliphatic heterocycles. The van der Waals surface area contributed by atoms with Crippen LogP contribution in [0.2, 0.25) is 0 Å². The Morgan fingerprint density at radius 1 is 1.15 bits per heavy atom. The van der Waals surface area contributed by atoms with Gasteiger partial charge in [-0.3, -0.25) is 9.69 Å². The number of thiazole rings is 1. The van der Waals surface area contributed by atoms with Crippen LogP contribution in [0, 0.1) is 0 Å². The van der Waals surface area contributed by atoms with E-state index < -0.39 is 0 Å². The summed E-state index contributed by atoms with van der Waals surface area (Å²) in [6.07, 6.45) is 1.88. The Balaban J connectivity index is 1.96. The third kappa shape index (κ3) is 4.75. The van der Waals surface area contributed by atoms with Crippen molar-refractivity contribution in [3.8, 4) is 0 Å². The van der Waals surface area contributed by atoms with Gasteiger partial charge in [-0.2, -0.15) is 0 Å². The van der Waals surface area contributed by atoms with Gasteiger partial charge in [0.05, 0.1) is 15.8 Å². The van der Waals surface area contributed by atoms with Crippen LogP contribution in [0.15, 0.2) is 46.9 Å². The molecule has 142 valence electrons. The fourth-order valence-electron chi connectivity index (χ4n) is 2.90. The van der Waals surface area contributed by atoms with E-state index >= 15 is 0 Å². The average molecular weight is 446 g/mol. The summed E-state index contributed by atoms with van der Waals surface area (Å²) in [5.74, 6) is -0.0176. The van der Waals surface area contributed by atoms with Gasteiger partial charge in [-0.25, -0.2) is 4.98 Å². The monoisotopic (exact) mass is 445 g/mol. The van der Waals surface area contributed by atoms with Crippen molar-refractivity contribution in [2.75, 3.05) is 32.1 Å². The molecule has 0 unspecified atom stereocenters. The third-order valence-electron chi connectivity index (χ3n) is 4.42. The Morgan fingerprint density at radius 3 is 2.63 bits per heavy atom. The van der Waals surface area contributed by atoms with Gasteiger partial charge in [0.2, 0.25) is 0 Å². The van der Waals surface area contributed by atoms with Crippen LogP contribution in [0.5, 0.6) is 0 Å². The van der Waals surface area contributed by atoms with E-state index in [0.29, 0.717) is 12.1 Å². The lowest BCUT2D eigenvalue weighted by molar-refractivity contribution is 0.0985. The van der Waals surface area contributed by atoms with Crippen molar-refractivity contribution in [3.05, 3.63) is 58.1 Å². The molecule has 0 radical (unpaired) electrons. The standard InChI is InChI=1S/C21H24BrN3OS/c1-4-15-10-11-18-19(14-15)27-21(23-18)25(13-7-12-24(2)3)20(26)16-8-5-6-9-17(16)22/h5-6,8-11,14H,4,7,12-13H2,1-3H3. The van der Waals surface area contributed by atoms with Crippen LogP contribution in [-0.4, -0.2) is 43.0 Å². The molecule has 6 heteroatoms. The molecule has 0 saturated carbocycles. The first-order valence-corrected chi connectivity index (χ1v) is 10.7. The molecule has 0 N–H and O–H groups in total. The molecule has 0 spiro atoms. The summed E-state index contributed by atoms with van der Waals surface area (Å²) >= 11 is 5.10. The SMILES string of the molecule is CCc1ccc2nc(N(CCCN(C)C)C(=O)c3ccccc3Br)sc2c1. The van der Waals surface area contributed by atoms with Crippen molar-refractivity contribution < 1.29 is 4.79 Å². The largest absolute Gasteiger partial charge is 0.309 e. The van der Waals surface area contributed by atoms with E-state index in [2.05, 4.69) is 46.0 Å². The number of halogens is 1. The predicted molar refractivity (Wildman–Crippen MR) is 118 cm³/mol. The maximum absolute atomic E-state index is 13.3. The van der Waals surface area contributed by atoms with Gasteiger partial charge in [-0.15, -0.1) is 0 Å². The number of carbonyl (C=O) groups is 1. The summed E-state index contributed by atoms with van der Waals surface area (Å²) in [5.41, 5.74) is 2.90. The zero-order valence-corrected chi connectivity index (χ0v) is 18.3. The molecule has 27 heavy (non-hydrogen) atoms. The molecule has 0 aliphatic rings. The lowest BCUT2D eigenvalue weighted by Crippen LogP contribution is -2.33. The van der Waals surface area contributed by atoms with E-state index in [1.165, 1.54) is 5.56 Å². The minimum absolute atomic E-state index is 0.0176. The highest BCUT2D eigenvalue weighted by Gasteiger charge is 2.22. The van der Waals surface area contributed by atoms with Gasteiger partial charge in [0.25, 0.3) is 5.91 Å². The molecule has 0 atom stereocenters. The molecule has 0 fully saturated rings.